The second kappa shape index (κ2) is 7.88. The van der Waals surface area contributed by atoms with Gasteiger partial charge in [-0.3, -0.25) is 9.69 Å². The van der Waals surface area contributed by atoms with Crippen LogP contribution >= 0.6 is 11.6 Å². The van der Waals surface area contributed by atoms with Gasteiger partial charge in [0.15, 0.2) is 0 Å². The van der Waals surface area contributed by atoms with E-state index in [2.05, 4.69) is 15.5 Å². The molecule has 2 N–H and O–H groups in total. The quantitative estimate of drug-likeness (QED) is 0.801. The molecule has 0 bridgehead atoms. The monoisotopic (exact) mass is 285 g/mol. The van der Waals surface area contributed by atoms with Gasteiger partial charge in [0.2, 0.25) is 5.91 Å². The Morgan fingerprint density at radius 3 is 3.05 bits per heavy atom. The average molecular weight is 286 g/mol. The number of carbonyl (C=O) groups is 1. The summed E-state index contributed by atoms with van der Waals surface area (Å²) < 4.78 is 0. The Morgan fingerprint density at radius 1 is 1.42 bits per heavy atom. The summed E-state index contributed by atoms with van der Waals surface area (Å²) in [4.78, 5) is 14.3. The van der Waals surface area contributed by atoms with Gasteiger partial charge in [0, 0.05) is 25.2 Å². The van der Waals surface area contributed by atoms with Gasteiger partial charge in [0.1, 0.15) is 0 Å². The highest BCUT2D eigenvalue weighted by Gasteiger charge is 2.24. The van der Waals surface area contributed by atoms with Crippen LogP contribution in [0, 0.1) is 5.92 Å². The third-order valence-electron chi connectivity index (χ3n) is 4.00. The van der Waals surface area contributed by atoms with E-state index in [9.17, 15) is 4.79 Å². The van der Waals surface area contributed by atoms with Crippen molar-refractivity contribution in [1.82, 2.24) is 15.5 Å². The standard InChI is InChI=1S/C14H24ClN3O/c15-6-3-9-18-8-2-4-12(11-18)10-17-14(19)13-5-1-7-16-13/h3,6,12-13,16H,1-2,4-5,7-11H2,(H,17,19)/b6-3+. The molecule has 2 atom stereocenters. The Labute approximate surface area is 120 Å². The zero-order valence-electron chi connectivity index (χ0n) is 11.4. The molecular formula is C14H24ClN3O. The molecule has 2 fully saturated rings. The van der Waals surface area contributed by atoms with Gasteiger partial charge >= 0.3 is 0 Å². The molecule has 2 unspecified atom stereocenters. The van der Waals surface area contributed by atoms with E-state index in [0.29, 0.717) is 5.92 Å². The molecule has 2 heterocycles. The normalized spacial score (nSPS) is 28.9. The van der Waals surface area contributed by atoms with Gasteiger partial charge in [-0.1, -0.05) is 17.7 Å². The van der Waals surface area contributed by atoms with E-state index in [1.165, 1.54) is 12.8 Å². The van der Waals surface area contributed by atoms with Crippen molar-refractivity contribution in [3.05, 3.63) is 11.6 Å². The fourth-order valence-electron chi connectivity index (χ4n) is 2.95. The number of nitrogens with one attached hydrogen (secondary N) is 2. The molecule has 5 heteroatoms. The SMILES string of the molecule is O=C(NCC1CCCN(C/C=C/Cl)C1)C1CCCN1. The number of halogens is 1. The zero-order chi connectivity index (χ0) is 13.5. The third-order valence-corrected chi connectivity index (χ3v) is 4.18. The summed E-state index contributed by atoms with van der Waals surface area (Å²) >= 11 is 5.56. The molecule has 2 aliphatic rings. The molecule has 0 aromatic heterocycles. The second-order valence-corrected chi connectivity index (χ2v) is 5.78. The first-order valence-electron chi connectivity index (χ1n) is 7.28. The third kappa shape index (κ3) is 4.79. The highest BCUT2D eigenvalue weighted by atomic mass is 35.5. The minimum Gasteiger partial charge on any atom is -0.354 e. The Morgan fingerprint density at radius 2 is 2.32 bits per heavy atom. The van der Waals surface area contributed by atoms with E-state index in [4.69, 9.17) is 11.6 Å². The van der Waals surface area contributed by atoms with Crippen molar-refractivity contribution in [2.45, 2.75) is 31.7 Å². The minimum atomic E-state index is 0.0406. The van der Waals surface area contributed by atoms with E-state index >= 15 is 0 Å². The van der Waals surface area contributed by atoms with Gasteiger partial charge in [-0.15, -0.1) is 0 Å². The molecule has 0 spiro atoms. The number of carbonyl (C=O) groups excluding carboxylic acids is 1. The Kier molecular flexibility index (Phi) is 6.14. The van der Waals surface area contributed by atoms with Crippen LogP contribution in [-0.4, -0.2) is 49.6 Å². The molecule has 4 nitrogen and oxygen atoms in total. The molecular weight excluding hydrogens is 262 g/mol. The van der Waals surface area contributed by atoms with E-state index in [1.807, 2.05) is 6.08 Å². The van der Waals surface area contributed by atoms with Gasteiger partial charge in [-0.25, -0.2) is 0 Å². The van der Waals surface area contributed by atoms with Gasteiger partial charge in [0.05, 0.1) is 6.04 Å². The van der Waals surface area contributed by atoms with Crippen LogP contribution in [0.5, 0.6) is 0 Å². The van der Waals surface area contributed by atoms with Crippen LogP contribution in [0.25, 0.3) is 0 Å². The maximum absolute atomic E-state index is 11.9. The first-order valence-corrected chi connectivity index (χ1v) is 7.72. The van der Waals surface area contributed by atoms with Crippen molar-refractivity contribution in [3.8, 4) is 0 Å². The maximum Gasteiger partial charge on any atom is 0.237 e. The van der Waals surface area contributed by atoms with E-state index in [0.717, 1.165) is 45.6 Å². The topological polar surface area (TPSA) is 44.4 Å². The molecule has 2 rings (SSSR count). The smallest absolute Gasteiger partial charge is 0.237 e. The summed E-state index contributed by atoms with van der Waals surface area (Å²) in [6, 6.07) is 0.0406. The lowest BCUT2D eigenvalue weighted by molar-refractivity contribution is -0.123. The summed E-state index contributed by atoms with van der Waals surface area (Å²) in [5.74, 6) is 0.748. The summed E-state index contributed by atoms with van der Waals surface area (Å²) in [6.07, 6.45) is 6.48. The molecule has 0 aromatic rings. The van der Waals surface area contributed by atoms with E-state index in [1.54, 1.807) is 5.54 Å². The van der Waals surface area contributed by atoms with Crippen LogP contribution in [0.1, 0.15) is 25.7 Å². The lowest BCUT2D eigenvalue weighted by Crippen LogP contribution is -2.45. The molecule has 1 amide bonds. The first kappa shape index (κ1) is 14.8. The lowest BCUT2D eigenvalue weighted by Gasteiger charge is -2.32. The first-order chi connectivity index (χ1) is 9.29. The molecule has 2 aliphatic heterocycles. The number of nitrogens with zero attached hydrogens (tertiary/aromatic N) is 1. The fourth-order valence-corrected chi connectivity index (χ4v) is 3.03. The van der Waals surface area contributed by atoms with Gasteiger partial charge in [0.25, 0.3) is 0 Å². The van der Waals surface area contributed by atoms with Crippen LogP contribution in [0.4, 0.5) is 0 Å². The minimum absolute atomic E-state index is 0.0406. The van der Waals surface area contributed by atoms with E-state index in [-0.39, 0.29) is 11.9 Å². The predicted octanol–water partition coefficient (Wildman–Crippen LogP) is 1.32. The number of hydrogen-bond acceptors (Lipinski definition) is 3. The Hall–Kier alpha value is -0.580. The fraction of sp³-hybridized carbons (Fsp3) is 0.786. The van der Waals surface area contributed by atoms with Gasteiger partial charge < -0.3 is 10.6 Å². The zero-order valence-corrected chi connectivity index (χ0v) is 12.2. The summed E-state index contributed by atoms with van der Waals surface area (Å²) in [5, 5.41) is 6.33. The van der Waals surface area contributed by atoms with Crippen LogP contribution in [0.15, 0.2) is 11.6 Å². The number of piperidine rings is 1. The van der Waals surface area contributed by atoms with Crippen LogP contribution in [0.2, 0.25) is 0 Å². The van der Waals surface area contributed by atoms with E-state index < -0.39 is 0 Å². The molecule has 2 saturated heterocycles. The molecule has 108 valence electrons. The van der Waals surface area contributed by atoms with Crippen molar-refractivity contribution >= 4 is 17.5 Å². The van der Waals surface area contributed by atoms with Gasteiger partial charge in [-0.2, -0.15) is 0 Å². The number of rotatable bonds is 5. The highest BCUT2D eigenvalue weighted by Crippen LogP contribution is 2.16. The molecule has 0 saturated carbocycles. The Bertz CT molecular complexity index is 316. The molecule has 19 heavy (non-hydrogen) atoms. The average Bonchev–Trinajstić information content (AvgIpc) is 2.97. The van der Waals surface area contributed by atoms with Crippen molar-refractivity contribution in [2.75, 3.05) is 32.7 Å². The lowest BCUT2D eigenvalue weighted by atomic mass is 9.98. The summed E-state index contributed by atoms with van der Waals surface area (Å²) in [7, 11) is 0. The summed E-state index contributed by atoms with van der Waals surface area (Å²) in [6.45, 7) is 4.88. The Balaban J connectivity index is 1.68. The van der Waals surface area contributed by atoms with Crippen LogP contribution < -0.4 is 10.6 Å². The van der Waals surface area contributed by atoms with Crippen molar-refractivity contribution in [2.24, 2.45) is 5.92 Å². The van der Waals surface area contributed by atoms with Crippen molar-refractivity contribution < 1.29 is 4.79 Å². The summed E-state index contributed by atoms with van der Waals surface area (Å²) in [5.41, 5.74) is 1.58. The maximum atomic E-state index is 11.9. The molecule has 0 aromatic carbocycles. The highest BCUT2D eigenvalue weighted by molar-refractivity contribution is 6.25. The molecule has 0 radical (unpaired) electrons. The van der Waals surface area contributed by atoms with Crippen molar-refractivity contribution in [3.63, 3.8) is 0 Å². The number of amides is 1. The second-order valence-electron chi connectivity index (χ2n) is 5.52. The number of hydrogen-bond donors (Lipinski definition) is 2. The van der Waals surface area contributed by atoms with Crippen molar-refractivity contribution in [1.29, 1.82) is 0 Å². The number of likely N-dealkylation sites (tertiary alicyclic amines) is 1. The van der Waals surface area contributed by atoms with Gasteiger partial charge in [-0.05, 0) is 44.7 Å². The molecule has 0 aliphatic carbocycles. The largest absolute Gasteiger partial charge is 0.354 e. The predicted molar refractivity (Wildman–Crippen MR) is 78.2 cm³/mol. The van der Waals surface area contributed by atoms with Crippen LogP contribution in [-0.2, 0) is 4.79 Å². The van der Waals surface area contributed by atoms with Crippen LogP contribution in [0.3, 0.4) is 0 Å².